The highest BCUT2D eigenvalue weighted by atomic mass is 15.3. The van der Waals surface area contributed by atoms with Gasteiger partial charge in [-0.05, 0) is 19.1 Å². The molecule has 1 N–H and O–H groups in total. The van der Waals surface area contributed by atoms with Gasteiger partial charge in [-0.1, -0.05) is 18.2 Å². The predicted octanol–water partition coefficient (Wildman–Crippen LogP) is 1.78. The lowest BCUT2D eigenvalue weighted by Crippen LogP contribution is -2.09. The molecule has 16 heavy (non-hydrogen) atoms. The van der Waals surface area contributed by atoms with E-state index in [4.69, 9.17) is 0 Å². The lowest BCUT2D eigenvalue weighted by Gasteiger charge is -2.05. The minimum atomic E-state index is 0.831. The largest absolute Gasteiger partial charge is 0.385 e. The third kappa shape index (κ3) is 2.59. The number of benzene rings is 1. The first-order valence-electron chi connectivity index (χ1n) is 5.41. The Kier molecular flexibility index (Phi) is 3.19. The topological polar surface area (TPSA) is 42.7 Å². The van der Waals surface area contributed by atoms with Crippen LogP contribution in [0, 0.1) is 6.92 Å². The van der Waals surface area contributed by atoms with Gasteiger partial charge in [-0.15, -0.1) is 0 Å². The molecule has 0 spiro atoms. The van der Waals surface area contributed by atoms with E-state index in [2.05, 4.69) is 27.5 Å². The summed E-state index contributed by atoms with van der Waals surface area (Å²) in [6, 6.07) is 10.2. The summed E-state index contributed by atoms with van der Waals surface area (Å²) in [5, 5.41) is 7.56. The van der Waals surface area contributed by atoms with Crippen molar-refractivity contribution in [3.05, 3.63) is 42.0 Å². The van der Waals surface area contributed by atoms with E-state index in [1.807, 2.05) is 36.9 Å². The van der Waals surface area contributed by atoms with Gasteiger partial charge in [0.15, 0.2) is 0 Å². The highest BCUT2D eigenvalue weighted by molar-refractivity contribution is 5.42. The standard InChI is InChI=1S/C12H16N4/c1-10-14-12(16(2)15-10)8-9-13-11-6-4-3-5-7-11/h3-7,13H,8-9H2,1-2H3. The Morgan fingerprint density at radius 2 is 2.00 bits per heavy atom. The third-order valence-corrected chi connectivity index (χ3v) is 2.41. The van der Waals surface area contributed by atoms with E-state index in [-0.39, 0.29) is 0 Å². The van der Waals surface area contributed by atoms with Crippen LogP contribution in [0.1, 0.15) is 11.6 Å². The van der Waals surface area contributed by atoms with Crippen LogP contribution >= 0.6 is 0 Å². The first-order valence-corrected chi connectivity index (χ1v) is 5.41. The Bertz CT molecular complexity index is 447. The molecule has 2 rings (SSSR count). The summed E-state index contributed by atoms with van der Waals surface area (Å²) in [6.07, 6.45) is 0.881. The summed E-state index contributed by atoms with van der Waals surface area (Å²) >= 11 is 0. The van der Waals surface area contributed by atoms with Crippen LogP contribution in [-0.4, -0.2) is 21.3 Å². The molecule has 0 amide bonds. The lowest BCUT2D eigenvalue weighted by molar-refractivity contribution is 0.698. The van der Waals surface area contributed by atoms with Gasteiger partial charge in [-0.3, -0.25) is 4.68 Å². The number of hydrogen-bond acceptors (Lipinski definition) is 3. The Morgan fingerprint density at radius 1 is 1.25 bits per heavy atom. The molecule has 1 aromatic heterocycles. The van der Waals surface area contributed by atoms with Crippen molar-refractivity contribution in [1.82, 2.24) is 14.8 Å². The van der Waals surface area contributed by atoms with Gasteiger partial charge in [-0.25, -0.2) is 4.98 Å². The molecule has 0 aliphatic rings. The van der Waals surface area contributed by atoms with Crippen LogP contribution in [0.15, 0.2) is 30.3 Å². The second kappa shape index (κ2) is 4.79. The van der Waals surface area contributed by atoms with E-state index in [1.54, 1.807) is 0 Å². The van der Waals surface area contributed by atoms with E-state index < -0.39 is 0 Å². The van der Waals surface area contributed by atoms with E-state index in [1.165, 1.54) is 0 Å². The van der Waals surface area contributed by atoms with Gasteiger partial charge in [-0.2, -0.15) is 5.10 Å². The molecule has 0 aliphatic heterocycles. The number of aromatic nitrogens is 3. The second-order valence-corrected chi connectivity index (χ2v) is 3.74. The van der Waals surface area contributed by atoms with E-state index in [9.17, 15) is 0 Å². The molecule has 2 aromatic rings. The van der Waals surface area contributed by atoms with E-state index in [0.717, 1.165) is 30.3 Å². The van der Waals surface area contributed by atoms with Crippen molar-refractivity contribution in [2.75, 3.05) is 11.9 Å². The molecule has 1 aromatic carbocycles. The zero-order chi connectivity index (χ0) is 11.4. The van der Waals surface area contributed by atoms with Crippen molar-refractivity contribution < 1.29 is 0 Å². The highest BCUT2D eigenvalue weighted by Gasteiger charge is 2.02. The zero-order valence-corrected chi connectivity index (χ0v) is 9.64. The maximum atomic E-state index is 4.35. The van der Waals surface area contributed by atoms with Crippen LogP contribution in [0.5, 0.6) is 0 Å². The number of nitrogens with zero attached hydrogens (tertiary/aromatic N) is 3. The Hall–Kier alpha value is -1.84. The molecular formula is C12H16N4. The minimum absolute atomic E-state index is 0.831. The van der Waals surface area contributed by atoms with Gasteiger partial charge in [0.2, 0.25) is 0 Å². The summed E-state index contributed by atoms with van der Waals surface area (Å²) in [5.41, 5.74) is 1.14. The molecule has 0 unspecified atom stereocenters. The fourth-order valence-electron chi connectivity index (χ4n) is 1.65. The maximum absolute atomic E-state index is 4.35. The molecule has 0 atom stereocenters. The number of anilines is 1. The highest BCUT2D eigenvalue weighted by Crippen LogP contribution is 2.05. The number of hydrogen-bond donors (Lipinski definition) is 1. The van der Waals surface area contributed by atoms with Crippen molar-refractivity contribution in [3.8, 4) is 0 Å². The van der Waals surface area contributed by atoms with E-state index in [0.29, 0.717) is 0 Å². The van der Waals surface area contributed by atoms with Gasteiger partial charge in [0.05, 0.1) is 0 Å². The van der Waals surface area contributed by atoms with Gasteiger partial charge >= 0.3 is 0 Å². The molecular weight excluding hydrogens is 200 g/mol. The SMILES string of the molecule is Cc1nc(CCNc2ccccc2)n(C)n1. The van der Waals surface area contributed by atoms with Gasteiger partial charge in [0.1, 0.15) is 11.6 Å². The smallest absolute Gasteiger partial charge is 0.147 e. The molecule has 0 radical (unpaired) electrons. The molecule has 0 saturated heterocycles. The quantitative estimate of drug-likeness (QED) is 0.847. The van der Waals surface area contributed by atoms with Gasteiger partial charge < -0.3 is 5.32 Å². The maximum Gasteiger partial charge on any atom is 0.147 e. The monoisotopic (exact) mass is 216 g/mol. The Labute approximate surface area is 95.3 Å². The average Bonchev–Trinajstić information content (AvgIpc) is 2.59. The summed E-state index contributed by atoms with van der Waals surface area (Å²) in [4.78, 5) is 4.35. The van der Waals surface area contributed by atoms with Crippen molar-refractivity contribution in [2.45, 2.75) is 13.3 Å². The van der Waals surface area contributed by atoms with Crippen LogP contribution in [0.25, 0.3) is 0 Å². The van der Waals surface area contributed by atoms with Crippen LogP contribution in [0.3, 0.4) is 0 Å². The molecule has 4 heteroatoms. The molecule has 0 fully saturated rings. The van der Waals surface area contributed by atoms with Crippen LogP contribution < -0.4 is 5.32 Å². The number of para-hydroxylation sites is 1. The Morgan fingerprint density at radius 3 is 2.62 bits per heavy atom. The van der Waals surface area contributed by atoms with Crippen LogP contribution in [0.2, 0.25) is 0 Å². The summed E-state index contributed by atoms with van der Waals surface area (Å²) < 4.78 is 1.84. The number of rotatable bonds is 4. The molecule has 4 nitrogen and oxygen atoms in total. The predicted molar refractivity (Wildman–Crippen MR) is 64.4 cm³/mol. The summed E-state index contributed by atoms with van der Waals surface area (Å²) in [7, 11) is 1.93. The minimum Gasteiger partial charge on any atom is -0.385 e. The van der Waals surface area contributed by atoms with Crippen molar-refractivity contribution >= 4 is 5.69 Å². The Balaban J connectivity index is 1.87. The second-order valence-electron chi connectivity index (χ2n) is 3.74. The normalized spacial score (nSPS) is 10.4. The van der Waals surface area contributed by atoms with Crippen LogP contribution in [0.4, 0.5) is 5.69 Å². The fourth-order valence-corrected chi connectivity index (χ4v) is 1.65. The summed E-state index contributed by atoms with van der Waals surface area (Å²) in [5.74, 6) is 1.85. The van der Waals surface area contributed by atoms with Crippen molar-refractivity contribution in [1.29, 1.82) is 0 Å². The molecule has 1 heterocycles. The van der Waals surface area contributed by atoms with Gasteiger partial charge in [0.25, 0.3) is 0 Å². The summed E-state index contributed by atoms with van der Waals surface area (Å²) in [6.45, 7) is 2.78. The van der Waals surface area contributed by atoms with Crippen molar-refractivity contribution in [3.63, 3.8) is 0 Å². The van der Waals surface area contributed by atoms with Gasteiger partial charge in [0, 0.05) is 25.7 Å². The fraction of sp³-hybridized carbons (Fsp3) is 0.333. The number of nitrogens with one attached hydrogen (secondary N) is 1. The first-order chi connectivity index (χ1) is 7.75. The van der Waals surface area contributed by atoms with E-state index >= 15 is 0 Å². The molecule has 0 saturated carbocycles. The van der Waals surface area contributed by atoms with Crippen LogP contribution in [-0.2, 0) is 13.5 Å². The van der Waals surface area contributed by atoms with Crippen molar-refractivity contribution in [2.24, 2.45) is 7.05 Å². The first kappa shape index (κ1) is 10.7. The third-order valence-electron chi connectivity index (χ3n) is 2.41. The molecule has 0 bridgehead atoms. The number of aryl methyl sites for hydroxylation is 2. The average molecular weight is 216 g/mol. The molecule has 0 aliphatic carbocycles. The molecule has 84 valence electrons. The zero-order valence-electron chi connectivity index (χ0n) is 9.64. The lowest BCUT2D eigenvalue weighted by atomic mass is 10.3.